The van der Waals surface area contributed by atoms with Crippen molar-refractivity contribution >= 4 is 46.3 Å². The van der Waals surface area contributed by atoms with Crippen LogP contribution in [-0.4, -0.2) is 22.3 Å². The number of aryl methyl sites for hydroxylation is 1. The van der Waals surface area contributed by atoms with E-state index < -0.39 is 0 Å². The summed E-state index contributed by atoms with van der Waals surface area (Å²) >= 11 is 12.5. The summed E-state index contributed by atoms with van der Waals surface area (Å²) in [6, 6.07) is 14.5. The van der Waals surface area contributed by atoms with Crippen molar-refractivity contribution in [2.45, 2.75) is 12.8 Å². The highest BCUT2D eigenvalue weighted by molar-refractivity contribution is 6.34. The number of nitrogens with one attached hydrogen (secondary N) is 2. The summed E-state index contributed by atoms with van der Waals surface area (Å²) in [5.74, 6) is 0.913. The molecule has 0 aliphatic rings. The summed E-state index contributed by atoms with van der Waals surface area (Å²) in [5.41, 5.74) is 2.56. The second kappa shape index (κ2) is 9.75. The number of ether oxygens (including phenoxy) is 1. The molecule has 10 heteroatoms. The summed E-state index contributed by atoms with van der Waals surface area (Å²) in [6.07, 6.45) is 0.936. The number of benzene rings is 2. The lowest BCUT2D eigenvalue weighted by Crippen LogP contribution is -2.05. The van der Waals surface area contributed by atoms with Crippen LogP contribution in [0.1, 0.15) is 17.5 Å². The lowest BCUT2D eigenvalue weighted by atomic mass is 10.1. The third-order valence-electron chi connectivity index (χ3n) is 4.02. The topological polar surface area (TPSA) is 120 Å². The van der Waals surface area contributed by atoms with E-state index >= 15 is 0 Å². The highest BCUT2D eigenvalue weighted by Gasteiger charge is 2.14. The van der Waals surface area contributed by atoms with E-state index in [0.29, 0.717) is 40.6 Å². The molecular formula is C20H15Cl2N7O. The van der Waals surface area contributed by atoms with E-state index in [1.165, 1.54) is 7.11 Å². The second-order valence-corrected chi connectivity index (χ2v) is 6.79. The van der Waals surface area contributed by atoms with Gasteiger partial charge in [0.25, 0.3) is 0 Å². The minimum atomic E-state index is 0.0785. The lowest BCUT2D eigenvalue weighted by molar-refractivity contribution is 0.416. The van der Waals surface area contributed by atoms with Crippen LogP contribution < -0.4 is 15.4 Å². The van der Waals surface area contributed by atoms with Gasteiger partial charge < -0.3 is 15.4 Å². The summed E-state index contributed by atoms with van der Waals surface area (Å²) in [6.45, 7) is 0. The van der Waals surface area contributed by atoms with Gasteiger partial charge in [-0.15, -0.1) is 10.2 Å². The minimum Gasteiger partial charge on any atom is -0.495 e. The van der Waals surface area contributed by atoms with Crippen LogP contribution in [-0.2, 0) is 6.42 Å². The summed E-state index contributed by atoms with van der Waals surface area (Å²) in [7, 11) is 1.52. The van der Waals surface area contributed by atoms with E-state index in [2.05, 4.69) is 38.0 Å². The quantitative estimate of drug-likeness (QED) is 0.527. The van der Waals surface area contributed by atoms with Crippen molar-refractivity contribution in [3.63, 3.8) is 0 Å². The van der Waals surface area contributed by atoms with Crippen molar-refractivity contribution in [3.8, 4) is 17.9 Å². The van der Waals surface area contributed by atoms with Crippen LogP contribution in [0.5, 0.6) is 5.75 Å². The van der Waals surface area contributed by atoms with Crippen LogP contribution in [0.2, 0.25) is 10.2 Å². The van der Waals surface area contributed by atoms with Crippen molar-refractivity contribution in [3.05, 3.63) is 57.7 Å². The number of hydrogen-bond acceptors (Lipinski definition) is 8. The van der Waals surface area contributed by atoms with E-state index in [9.17, 15) is 0 Å². The van der Waals surface area contributed by atoms with Gasteiger partial charge in [-0.1, -0.05) is 23.2 Å². The number of hydrogen-bond donors (Lipinski definition) is 2. The Morgan fingerprint density at radius 2 is 1.83 bits per heavy atom. The Morgan fingerprint density at radius 3 is 2.50 bits per heavy atom. The fourth-order valence-electron chi connectivity index (χ4n) is 2.58. The predicted octanol–water partition coefficient (Wildman–Crippen LogP) is 5.00. The maximum Gasteiger partial charge on any atom is 0.249 e. The Morgan fingerprint density at radius 1 is 1.07 bits per heavy atom. The van der Waals surface area contributed by atoms with E-state index in [1.807, 2.05) is 0 Å². The van der Waals surface area contributed by atoms with Gasteiger partial charge in [0.1, 0.15) is 11.4 Å². The van der Waals surface area contributed by atoms with Gasteiger partial charge in [0.15, 0.2) is 11.0 Å². The smallest absolute Gasteiger partial charge is 0.249 e. The van der Waals surface area contributed by atoms with Crippen molar-refractivity contribution < 1.29 is 4.74 Å². The molecule has 3 aromatic rings. The van der Waals surface area contributed by atoms with Gasteiger partial charge >= 0.3 is 0 Å². The zero-order valence-corrected chi connectivity index (χ0v) is 17.3. The number of rotatable bonds is 7. The molecular weight excluding hydrogens is 425 g/mol. The van der Waals surface area contributed by atoms with Gasteiger partial charge in [0.05, 0.1) is 29.8 Å². The fraction of sp³-hybridized carbons (Fsp3) is 0.150. The summed E-state index contributed by atoms with van der Waals surface area (Å²) in [5, 5.41) is 32.0. The maximum absolute atomic E-state index is 8.90. The molecule has 0 bridgehead atoms. The Balaban J connectivity index is 1.86. The molecule has 8 nitrogen and oxygen atoms in total. The fourth-order valence-corrected chi connectivity index (χ4v) is 2.99. The molecule has 0 aliphatic carbocycles. The molecule has 2 N–H and O–H groups in total. The Kier molecular flexibility index (Phi) is 6.87. The SMILES string of the molecule is COc1cc(CCC#N)cc(Cl)c1Nc1nnc(Cl)c(Nc2ccc(C#N)cc2)n1. The molecule has 0 radical (unpaired) electrons. The first-order chi connectivity index (χ1) is 14.5. The zero-order chi connectivity index (χ0) is 21.5. The van der Waals surface area contributed by atoms with Gasteiger partial charge in [-0.05, 0) is 48.4 Å². The first-order valence-corrected chi connectivity index (χ1v) is 9.47. The monoisotopic (exact) mass is 439 g/mol. The van der Waals surface area contributed by atoms with Crippen LogP contribution in [0.25, 0.3) is 0 Å². The predicted molar refractivity (Wildman–Crippen MR) is 114 cm³/mol. The highest BCUT2D eigenvalue weighted by Crippen LogP contribution is 2.36. The third kappa shape index (κ3) is 5.06. The number of anilines is 4. The van der Waals surface area contributed by atoms with Crippen molar-refractivity contribution in [1.82, 2.24) is 15.2 Å². The van der Waals surface area contributed by atoms with Gasteiger partial charge in [-0.2, -0.15) is 15.5 Å². The van der Waals surface area contributed by atoms with Gasteiger partial charge in [0, 0.05) is 12.1 Å². The molecule has 0 atom stereocenters. The molecule has 0 saturated heterocycles. The molecule has 0 saturated carbocycles. The standard InChI is InChI=1S/C20H15Cl2N7O/c1-30-16-10-13(3-2-8-23)9-15(21)17(16)26-20-27-19(18(22)28-29-20)25-14-6-4-12(11-24)5-7-14/h4-7,9-10H,2-3H2,1H3,(H2,25,26,27,29). The van der Waals surface area contributed by atoms with Gasteiger partial charge in [-0.3, -0.25) is 0 Å². The van der Waals surface area contributed by atoms with Crippen molar-refractivity contribution in [1.29, 1.82) is 10.5 Å². The molecule has 2 aromatic carbocycles. The van der Waals surface area contributed by atoms with Crippen LogP contribution in [0.3, 0.4) is 0 Å². The van der Waals surface area contributed by atoms with Crippen LogP contribution in [0.4, 0.5) is 23.1 Å². The Bertz CT molecular complexity index is 1140. The lowest BCUT2D eigenvalue weighted by Gasteiger charge is -2.14. The molecule has 3 rings (SSSR count). The molecule has 0 aliphatic heterocycles. The number of nitriles is 2. The highest BCUT2D eigenvalue weighted by atomic mass is 35.5. The molecule has 30 heavy (non-hydrogen) atoms. The Hall–Kier alpha value is -3.59. The van der Waals surface area contributed by atoms with E-state index in [-0.39, 0.29) is 16.9 Å². The number of nitrogens with zero attached hydrogens (tertiary/aromatic N) is 5. The molecule has 0 spiro atoms. The minimum absolute atomic E-state index is 0.0785. The van der Waals surface area contributed by atoms with Crippen LogP contribution >= 0.6 is 23.2 Å². The normalized spacial score (nSPS) is 10.0. The number of aromatic nitrogens is 3. The number of methoxy groups -OCH3 is 1. The number of halogens is 2. The molecule has 0 unspecified atom stereocenters. The average Bonchev–Trinajstić information content (AvgIpc) is 2.76. The summed E-state index contributed by atoms with van der Waals surface area (Å²) < 4.78 is 5.42. The summed E-state index contributed by atoms with van der Waals surface area (Å²) in [4.78, 5) is 4.34. The van der Waals surface area contributed by atoms with Crippen LogP contribution in [0.15, 0.2) is 36.4 Å². The van der Waals surface area contributed by atoms with Gasteiger partial charge in [0.2, 0.25) is 5.95 Å². The van der Waals surface area contributed by atoms with E-state index in [1.54, 1.807) is 36.4 Å². The van der Waals surface area contributed by atoms with Crippen molar-refractivity contribution in [2.75, 3.05) is 17.7 Å². The average molecular weight is 440 g/mol. The molecule has 150 valence electrons. The van der Waals surface area contributed by atoms with Gasteiger partial charge in [-0.25, -0.2) is 0 Å². The van der Waals surface area contributed by atoms with E-state index in [4.69, 9.17) is 38.5 Å². The largest absolute Gasteiger partial charge is 0.495 e. The maximum atomic E-state index is 8.90. The zero-order valence-electron chi connectivity index (χ0n) is 15.8. The van der Waals surface area contributed by atoms with E-state index in [0.717, 1.165) is 5.56 Å². The second-order valence-electron chi connectivity index (χ2n) is 6.03. The first kappa shape index (κ1) is 21.1. The van der Waals surface area contributed by atoms with Crippen LogP contribution in [0, 0.1) is 22.7 Å². The van der Waals surface area contributed by atoms with Crippen molar-refractivity contribution in [2.24, 2.45) is 0 Å². The third-order valence-corrected chi connectivity index (χ3v) is 4.57. The Labute approximate surface area is 183 Å². The molecule has 1 heterocycles. The molecule has 0 fully saturated rings. The molecule has 0 amide bonds. The first-order valence-electron chi connectivity index (χ1n) is 8.72. The molecule has 1 aromatic heterocycles.